The van der Waals surface area contributed by atoms with Crippen LogP contribution < -0.4 is 15.4 Å². The Hall–Kier alpha value is -3.32. The van der Waals surface area contributed by atoms with E-state index in [0.29, 0.717) is 16.5 Å². The Morgan fingerprint density at radius 1 is 1.25 bits per heavy atom. The Bertz CT molecular complexity index is 1050. The van der Waals surface area contributed by atoms with Crippen LogP contribution in [-0.4, -0.2) is 28.7 Å². The number of hydrogen-bond acceptors (Lipinski definition) is 4. The first kappa shape index (κ1) is 18.1. The van der Waals surface area contributed by atoms with Gasteiger partial charge in [0.1, 0.15) is 17.6 Å². The van der Waals surface area contributed by atoms with Crippen LogP contribution in [0.1, 0.15) is 12.5 Å². The number of para-hydroxylation sites is 1. The molecule has 0 radical (unpaired) electrons. The van der Waals surface area contributed by atoms with E-state index in [9.17, 15) is 9.59 Å². The second kappa shape index (κ2) is 7.36. The van der Waals surface area contributed by atoms with E-state index in [0.717, 1.165) is 16.9 Å². The molecular weight excluding hydrogens is 380 g/mol. The zero-order valence-corrected chi connectivity index (χ0v) is 15.7. The summed E-state index contributed by atoms with van der Waals surface area (Å²) in [4.78, 5) is 24.9. The van der Waals surface area contributed by atoms with Gasteiger partial charge in [0.2, 0.25) is 5.91 Å². The summed E-state index contributed by atoms with van der Waals surface area (Å²) in [5.74, 6) is 0.728. The Morgan fingerprint density at radius 3 is 2.71 bits per heavy atom. The highest BCUT2D eigenvalue weighted by molar-refractivity contribution is 6.33. The van der Waals surface area contributed by atoms with E-state index in [4.69, 9.17) is 16.3 Å². The van der Waals surface area contributed by atoms with E-state index in [-0.39, 0.29) is 18.2 Å². The first-order valence-electron chi connectivity index (χ1n) is 8.64. The van der Waals surface area contributed by atoms with Gasteiger partial charge in [-0.25, -0.2) is 4.68 Å². The van der Waals surface area contributed by atoms with Crippen molar-refractivity contribution < 1.29 is 14.3 Å². The molecule has 8 heteroatoms. The predicted molar refractivity (Wildman–Crippen MR) is 107 cm³/mol. The standard InChI is InChI=1S/C20H17ClN4O3/c1-28-13-8-6-12(7-9-13)14-11-22-25-17(20(27)24-19(14)25)10-18(26)23-16-5-3-2-4-15(16)21/h2-9,11,17H,10H2,1H3,(H,23,26)(H,24,27). The quantitative estimate of drug-likeness (QED) is 0.688. The molecule has 0 fully saturated rings. The molecule has 2 heterocycles. The normalized spacial score (nSPS) is 15.1. The number of rotatable bonds is 5. The maximum atomic E-state index is 12.4. The first-order valence-corrected chi connectivity index (χ1v) is 9.02. The Balaban J connectivity index is 1.54. The van der Waals surface area contributed by atoms with Gasteiger partial charge in [-0.3, -0.25) is 9.59 Å². The minimum absolute atomic E-state index is 0.0478. The van der Waals surface area contributed by atoms with Gasteiger partial charge >= 0.3 is 0 Å². The Labute approximate surface area is 166 Å². The van der Waals surface area contributed by atoms with Crippen LogP contribution in [0.4, 0.5) is 11.5 Å². The van der Waals surface area contributed by atoms with E-state index in [1.165, 1.54) is 0 Å². The van der Waals surface area contributed by atoms with Gasteiger partial charge < -0.3 is 15.4 Å². The predicted octanol–water partition coefficient (Wildman–Crippen LogP) is 3.73. The first-order chi connectivity index (χ1) is 13.6. The fraction of sp³-hybridized carbons (Fsp3) is 0.150. The van der Waals surface area contributed by atoms with Crippen molar-refractivity contribution in [2.75, 3.05) is 17.7 Å². The monoisotopic (exact) mass is 396 g/mol. The average molecular weight is 397 g/mol. The second-order valence-electron chi connectivity index (χ2n) is 6.32. The number of amides is 2. The molecule has 2 amide bonds. The highest BCUT2D eigenvalue weighted by atomic mass is 35.5. The summed E-state index contributed by atoms with van der Waals surface area (Å²) in [6.07, 6.45) is 1.63. The summed E-state index contributed by atoms with van der Waals surface area (Å²) in [6, 6.07) is 13.7. The molecule has 4 rings (SSSR count). The van der Waals surface area contributed by atoms with E-state index in [2.05, 4.69) is 15.7 Å². The van der Waals surface area contributed by atoms with Gasteiger partial charge in [-0.15, -0.1) is 0 Å². The highest BCUT2D eigenvalue weighted by Crippen LogP contribution is 2.36. The number of nitrogens with zero attached hydrogens (tertiary/aromatic N) is 2. The Kier molecular flexibility index (Phi) is 4.75. The topological polar surface area (TPSA) is 85.2 Å². The highest BCUT2D eigenvalue weighted by Gasteiger charge is 2.35. The maximum absolute atomic E-state index is 12.4. The third-order valence-corrected chi connectivity index (χ3v) is 4.89. The number of nitrogens with one attached hydrogen (secondary N) is 2. The molecule has 0 saturated carbocycles. The lowest BCUT2D eigenvalue weighted by Crippen LogP contribution is -2.23. The molecular formula is C20H17ClN4O3. The van der Waals surface area contributed by atoms with Crippen LogP contribution in [0.2, 0.25) is 5.02 Å². The van der Waals surface area contributed by atoms with Crippen molar-refractivity contribution in [3.8, 4) is 16.9 Å². The average Bonchev–Trinajstić information content (AvgIpc) is 3.23. The molecule has 0 aliphatic carbocycles. The number of fused-ring (bicyclic) bond motifs is 1. The number of hydrogen-bond donors (Lipinski definition) is 2. The van der Waals surface area contributed by atoms with E-state index in [1.54, 1.807) is 42.3 Å². The van der Waals surface area contributed by atoms with Crippen LogP contribution in [0.5, 0.6) is 5.75 Å². The molecule has 0 spiro atoms. The van der Waals surface area contributed by atoms with Crippen LogP contribution in [-0.2, 0) is 9.59 Å². The summed E-state index contributed by atoms with van der Waals surface area (Å²) < 4.78 is 6.72. The molecule has 2 aromatic carbocycles. The van der Waals surface area contributed by atoms with Gasteiger partial charge in [0, 0.05) is 5.56 Å². The smallest absolute Gasteiger partial charge is 0.251 e. The van der Waals surface area contributed by atoms with Crippen LogP contribution in [0.25, 0.3) is 11.1 Å². The van der Waals surface area contributed by atoms with Gasteiger partial charge in [-0.2, -0.15) is 5.10 Å². The molecule has 142 valence electrons. The van der Waals surface area contributed by atoms with Crippen molar-refractivity contribution in [3.05, 3.63) is 59.8 Å². The van der Waals surface area contributed by atoms with Gasteiger partial charge in [-0.05, 0) is 29.8 Å². The van der Waals surface area contributed by atoms with Crippen molar-refractivity contribution in [1.29, 1.82) is 0 Å². The Morgan fingerprint density at radius 2 is 2.00 bits per heavy atom. The molecule has 1 unspecified atom stereocenters. The fourth-order valence-corrected chi connectivity index (χ4v) is 3.32. The summed E-state index contributed by atoms with van der Waals surface area (Å²) in [5, 5.41) is 10.3. The van der Waals surface area contributed by atoms with Gasteiger partial charge in [-0.1, -0.05) is 35.9 Å². The lowest BCUT2D eigenvalue weighted by Gasteiger charge is -2.10. The van der Waals surface area contributed by atoms with Crippen molar-refractivity contribution in [2.45, 2.75) is 12.5 Å². The molecule has 28 heavy (non-hydrogen) atoms. The second-order valence-corrected chi connectivity index (χ2v) is 6.72. The molecule has 1 aliphatic heterocycles. The number of anilines is 2. The number of benzene rings is 2. The molecule has 7 nitrogen and oxygen atoms in total. The van der Waals surface area contributed by atoms with Crippen molar-refractivity contribution >= 4 is 34.9 Å². The lowest BCUT2D eigenvalue weighted by atomic mass is 10.1. The van der Waals surface area contributed by atoms with E-state index >= 15 is 0 Å². The van der Waals surface area contributed by atoms with Gasteiger partial charge in [0.25, 0.3) is 5.91 Å². The fourth-order valence-electron chi connectivity index (χ4n) is 3.13. The molecule has 1 aliphatic rings. The van der Waals surface area contributed by atoms with Crippen molar-refractivity contribution in [1.82, 2.24) is 9.78 Å². The number of halogens is 1. The summed E-state index contributed by atoms with van der Waals surface area (Å²) in [6.45, 7) is 0. The van der Waals surface area contributed by atoms with Crippen molar-refractivity contribution in [3.63, 3.8) is 0 Å². The lowest BCUT2D eigenvalue weighted by molar-refractivity contribution is -0.123. The van der Waals surface area contributed by atoms with Crippen molar-refractivity contribution in [2.24, 2.45) is 0 Å². The third kappa shape index (κ3) is 3.32. The zero-order valence-electron chi connectivity index (χ0n) is 15.0. The molecule has 0 saturated heterocycles. The minimum Gasteiger partial charge on any atom is -0.497 e. The number of ether oxygens (including phenoxy) is 1. The molecule has 0 bridgehead atoms. The SMILES string of the molecule is COc1ccc(-c2cnn3c2NC(=O)C3CC(=O)Nc2ccccc2Cl)cc1. The zero-order chi connectivity index (χ0) is 19.7. The molecule has 1 aromatic heterocycles. The number of carbonyl (C=O) groups is 2. The van der Waals surface area contributed by atoms with Crippen LogP contribution >= 0.6 is 11.6 Å². The molecule has 2 N–H and O–H groups in total. The summed E-state index contributed by atoms with van der Waals surface area (Å²) in [7, 11) is 1.60. The van der Waals surface area contributed by atoms with Gasteiger partial charge in [0.15, 0.2) is 0 Å². The van der Waals surface area contributed by atoms with Crippen LogP contribution in [0, 0.1) is 0 Å². The van der Waals surface area contributed by atoms with Crippen LogP contribution in [0.3, 0.4) is 0 Å². The summed E-state index contributed by atoms with van der Waals surface area (Å²) in [5.41, 5.74) is 2.18. The minimum atomic E-state index is -0.718. The number of aromatic nitrogens is 2. The van der Waals surface area contributed by atoms with Gasteiger partial charge in [0.05, 0.1) is 30.4 Å². The number of methoxy groups -OCH3 is 1. The largest absolute Gasteiger partial charge is 0.497 e. The van der Waals surface area contributed by atoms with E-state index in [1.807, 2.05) is 24.3 Å². The van der Waals surface area contributed by atoms with E-state index < -0.39 is 6.04 Å². The van der Waals surface area contributed by atoms with Crippen LogP contribution in [0.15, 0.2) is 54.7 Å². The summed E-state index contributed by atoms with van der Waals surface area (Å²) >= 11 is 6.07. The maximum Gasteiger partial charge on any atom is 0.251 e. The molecule has 1 atom stereocenters. The molecule has 3 aromatic rings. The third-order valence-electron chi connectivity index (χ3n) is 4.56. The number of carbonyl (C=O) groups excluding carboxylic acids is 2.